The molecular weight excluding hydrogens is 326 g/mol. The summed E-state index contributed by atoms with van der Waals surface area (Å²) in [5, 5.41) is 14.6. The highest BCUT2D eigenvalue weighted by Crippen LogP contribution is 2.53. The molecule has 1 radical (unpaired) electrons. The van der Waals surface area contributed by atoms with Gasteiger partial charge in [0.15, 0.2) is 0 Å². The standard InChI is InChI=1S/C22H24NO3/c1-5-26-20(24)19-18(16-12-8-6-9-13-16)21(2,3)23(25)22(19,4)17-14-10-7-11-15-17/h6-15H,5H2,1-4H3. The molecule has 0 amide bonds. The maximum Gasteiger partial charge on any atom is 0.336 e. The van der Waals surface area contributed by atoms with Crippen molar-refractivity contribution >= 4 is 11.5 Å². The number of rotatable bonds is 4. The SMILES string of the molecule is CCOC(=O)C1=C(c2ccccc2)C(C)(C)N([O])C1(C)c1ccccc1. The molecule has 4 nitrogen and oxygen atoms in total. The van der Waals surface area contributed by atoms with Gasteiger partial charge in [0.1, 0.15) is 5.54 Å². The first-order valence-corrected chi connectivity index (χ1v) is 8.86. The summed E-state index contributed by atoms with van der Waals surface area (Å²) in [6.07, 6.45) is 0. The lowest BCUT2D eigenvalue weighted by atomic mass is 9.82. The third-order valence-corrected chi connectivity index (χ3v) is 5.14. The number of hydroxylamine groups is 2. The smallest absolute Gasteiger partial charge is 0.336 e. The lowest BCUT2D eigenvalue weighted by Crippen LogP contribution is -2.48. The van der Waals surface area contributed by atoms with Gasteiger partial charge in [0.05, 0.1) is 17.7 Å². The normalized spacial score (nSPS) is 22.5. The Balaban J connectivity index is 2.34. The summed E-state index contributed by atoms with van der Waals surface area (Å²) in [4.78, 5) is 13.0. The van der Waals surface area contributed by atoms with Gasteiger partial charge in [-0.3, -0.25) is 0 Å². The quantitative estimate of drug-likeness (QED) is 0.770. The summed E-state index contributed by atoms with van der Waals surface area (Å²) in [5.41, 5.74) is 0.767. The zero-order valence-corrected chi connectivity index (χ0v) is 15.7. The zero-order chi connectivity index (χ0) is 18.9. The molecule has 1 atom stereocenters. The lowest BCUT2D eigenvalue weighted by Gasteiger charge is -2.37. The molecule has 0 N–H and O–H groups in total. The summed E-state index contributed by atoms with van der Waals surface area (Å²) >= 11 is 0. The fourth-order valence-electron chi connectivity index (χ4n) is 3.94. The molecule has 0 saturated carbocycles. The topological polar surface area (TPSA) is 49.4 Å². The van der Waals surface area contributed by atoms with Crippen LogP contribution in [0.3, 0.4) is 0 Å². The summed E-state index contributed by atoms with van der Waals surface area (Å²) in [5.74, 6) is -0.441. The van der Waals surface area contributed by atoms with E-state index in [1.54, 1.807) is 13.8 Å². The van der Waals surface area contributed by atoms with E-state index < -0.39 is 17.0 Å². The summed E-state index contributed by atoms with van der Waals surface area (Å²) in [6.45, 7) is 7.55. The predicted octanol–water partition coefficient (Wildman–Crippen LogP) is 4.36. The molecule has 0 aliphatic carbocycles. The average molecular weight is 350 g/mol. The average Bonchev–Trinajstić information content (AvgIpc) is 2.82. The Bertz CT molecular complexity index is 827. The second kappa shape index (κ2) is 6.71. The third-order valence-electron chi connectivity index (χ3n) is 5.14. The Kier molecular flexibility index (Phi) is 4.74. The van der Waals surface area contributed by atoms with Crippen LogP contribution in [0.15, 0.2) is 66.2 Å². The Morgan fingerprint density at radius 1 is 0.962 bits per heavy atom. The van der Waals surface area contributed by atoms with E-state index in [4.69, 9.17) is 4.74 Å². The highest BCUT2D eigenvalue weighted by atomic mass is 16.5. The van der Waals surface area contributed by atoms with E-state index in [9.17, 15) is 10.0 Å². The van der Waals surface area contributed by atoms with Crippen molar-refractivity contribution in [1.82, 2.24) is 5.06 Å². The Morgan fingerprint density at radius 3 is 2.04 bits per heavy atom. The van der Waals surface area contributed by atoms with Crippen LogP contribution in [-0.4, -0.2) is 23.2 Å². The number of ether oxygens (including phenoxy) is 1. The molecule has 0 fully saturated rings. The molecular formula is C22H24NO3. The second-order valence-corrected chi connectivity index (χ2v) is 7.13. The van der Waals surface area contributed by atoms with Crippen LogP contribution in [0.25, 0.3) is 5.57 Å². The first-order valence-electron chi connectivity index (χ1n) is 8.86. The molecule has 0 spiro atoms. The number of hydrogen-bond acceptors (Lipinski definition) is 3. The molecule has 1 heterocycles. The van der Waals surface area contributed by atoms with Crippen LogP contribution in [-0.2, 0) is 20.3 Å². The molecule has 4 heteroatoms. The van der Waals surface area contributed by atoms with Crippen molar-refractivity contribution in [1.29, 1.82) is 0 Å². The number of esters is 1. The molecule has 1 aliphatic heterocycles. The Morgan fingerprint density at radius 2 is 1.50 bits per heavy atom. The van der Waals surface area contributed by atoms with E-state index in [0.717, 1.165) is 21.8 Å². The number of benzene rings is 2. The van der Waals surface area contributed by atoms with E-state index in [0.29, 0.717) is 5.57 Å². The van der Waals surface area contributed by atoms with Gasteiger partial charge in [-0.2, -0.15) is 0 Å². The summed E-state index contributed by atoms with van der Waals surface area (Å²) in [6, 6.07) is 19.0. The third kappa shape index (κ3) is 2.66. The van der Waals surface area contributed by atoms with Gasteiger partial charge >= 0.3 is 5.97 Å². The van der Waals surface area contributed by atoms with Crippen LogP contribution in [0.4, 0.5) is 0 Å². The zero-order valence-electron chi connectivity index (χ0n) is 15.7. The van der Waals surface area contributed by atoms with Gasteiger partial charge in [0.25, 0.3) is 0 Å². The minimum absolute atomic E-state index is 0.258. The van der Waals surface area contributed by atoms with Crippen molar-refractivity contribution in [3.8, 4) is 0 Å². The molecule has 0 saturated heterocycles. The first-order chi connectivity index (χ1) is 12.3. The summed E-state index contributed by atoms with van der Waals surface area (Å²) < 4.78 is 5.37. The van der Waals surface area contributed by atoms with Gasteiger partial charge in [-0.15, -0.1) is 10.3 Å². The first kappa shape index (κ1) is 18.4. The largest absolute Gasteiger partial charge is 0.463 e. The number of nitrogens with zero attached hydrogens (tertiary/aromatic N) is 1. The Hall–Kier alpha value is -2.43. The predicted molar refractivity (Wildman–Crippen MR) is 100 cm³/mol. The van der Waals surface area contributed by atoms with Crippen molar-refractivity contribution in [2.75, 3.05) is 6.61 Å². The fourth-order valence-corrected chi connectivity index (χ4v) is 3.94. The molecule has 1 aliphatic rings. The number of carbonyl (C=O) groups is 1. The van der Waals surface area contributed by atoms with Crippen molar-refractivity contribution in [2.24, 2.45) is 0 Å². The van der Waals surface area contributed by atoms with Crippen molar-refractivity contribution in [2.45, 2.75) is 38.8 Å². The molecule has 135 valence electrons. The Labute approximate surface area is 154 Å². The molecule has 2 aromatic carbocycles. The van der Waals surface area contributed by atoms with Crippen molar-refractivity contribution in [3.05, 3.63) is 77.4 Å². The monoisotopic (exact) mass is 350 g/mol. The van der Waals surface area contributed by atoms with Gasteiger partial charge in [0.2, 0.25) is 0 Å². The van der Waals surface area contributed by atoms with Crippen LogP contribution in [0.5, 0.6) is 0 Å². The van der Waals surface area contributed by atoms with Crippen LogP contribution in [0.1, 0.15) is 38.8 Å². The minimum atomic E-state index is -1.12. The van der Waals surface area contributed by atoms with E-state index in [2.05, 4.69) is 0 Å². The maximum absolute atomic E-state index is 13.5. The summed E-state index contributed by atoms with van der Waals surface area (Å²) in [7, 11) is 0. The van der Waals surface area contributed by atoms with Crippen LogP contribution in [0, 0.1) is 0 Å². The van der Waals surface area contributed by atoms with E-state index in [-0.39, 0.29) is 6.61 Å². The lowest BCUT2D eigenvalue weighted by molar-refractivity contribution is -0.245. The van der Waals surface area contributed by atoms with E-state index >= 15 is 0 Å². The van der Waals surface area contributed by atoms with Gasteiger partial charge in [0, 0.05) is 0 Å². The molecule has 2 aromatic rings. The minimum Gasteiger partial charge on any atom is -0.463 e. The highest BCUT2D eigenvalue weighted by molar-refractivity contribution is 6.03. The molecule has 3 rings (SSSR count). The fraction of sp³-hybridized carbons (Fsp3) is 0.318. The van der Waals surface area contributed by atoms with Crippen LogP contribution < -0.4 is 0 Å². The number of carbonyl (C=O) groups excluding carboxylic acids is 1. The van der Waals surface area contributed by atoms with E-state index in [1.807, 2.05) is 74.5 Å². The van der Waals surface area contributed by atoms with Crippen molar-refractivity contribution < 1.29 is 14.7 Å². The number of hydrogen-bond donors (Lipinski definition) is 0. The van der Waals surface area contributed by atoms with Gasteiger partial charge in [-0.1, -0.05) is 60.7 Å². The molecule has 0 bridgehead atoms. The van der Waals surface area contributed by atoms with Gasteiger partial charge in [-0.05, 0) is 44.4 Å². The molecule has 0 aromatic heterocycles. The molecule has 1 unspecified atom stereocenters. The highest BCUT2D eigenvalue weighted by Gasteiger charge is 2.58. The van der Waals surface area contributed by atoms with Gasteiger partial charge < -0.3 is 4.74 Å². The molecule has 26 heavy (non-hydrogen) atoms. The maximum atomic E-state index is 13.5. The van der Waals surface area contributed by atoms with Crippen LogP contribution >= 0.6 is 0 Å². The van der Waals surface area contributed by atoms with E-state index in [1.165, 1.54) is 0 Å². The van der Waals surface area contributed by atoms with Crippen molar-refractivity contribution in [3.63, 3.8) is 0 Å². The second-order valence-electron chi connectivity index (χ2n) is 7.13. The van der Waals surface area contributed by atoms with Crippen LogP contribution in [0.2, 0.25) is 0 Å². The van der Waals surface area contributed by atoms with Gasteiger partial charge in [-0.25, -0.2) is 4.79 Å².